The van der Waals surface area contributed by atoms with Gasteiger partial charge in [-0.15, -0.1) is 0 Å². The third-order valence-corrected chi connectivity index (χ3v) is 4.03. The molecule has 128 valence electrons. The Labute approximate surface area is 138 Å². The first-order chi connectivity index (χ1) is 10.9. The van der Waals surface area contributed by atoms with E-state index >= 15 is 0 Å². The van der Waals surface area contributed by atoms with Crippen LogP contribution in [0.15, 0.2) is 24.3 Å². The van der Waals surface area contributed by atoms with Gasteiger partial charge in [-0.1, -0.05) is 13.8 Å². The minimum Gasteiger partial charge on any atom is -0.491 e. The molecule has 1 aromatic rings. The molecule has 0 saturated carbocycles. The molecule has 5 heteroatoms. The van der Waals surface area contributed by atoms with Gasteiger partial charge < -0.3 is 20.1 Å². The summed E-state index contributed by atoms with van der Waals surface area (Å²) in [4.78, 5) is 13.3. The molecule has 3 atom stereocenters. The van der Waals surface area contributed by atoms with Gasteiger partial charge >= 0.3 is 0 Å². The first-order valence-electron chi connectivity index (χ1n) is 8.33. The van der Waals surface area contributed by atoms with E-state index in [4.69, 9.17) is 4.74 Å². The lowest BCUT2D eigenvalue weighted by molar-refractivity contribution is -0.114. The summed E-state index contributed by atoms with van der Waals surface area (Å²) in [7, 11) is 0. The topological polar surface area (TPSA) is 61.8 Å². The highest BCUT2D eigenvalue weighted by atomic mass is 16.5. The van der Waals surface area contributed by atoms with Crippen LogP contribution in [0.5, 0.6) is 5.75 Å². The smallest absolute Gasteiger partial charge is 0.221 e. The Hall–Kier alpha value is -1.59. The van der Waals surface area contributed by atoms with Crippen molar-refractivity contribution >= 4 is 11.6 Å². The number of carbonyl (C=O) groups excluding carboxylic acids is 1. The zero-order valence-corrected chi connectivity index (χ0v) is 14.3. The number of nitrogens with one attached hydrogen (secondary N) is 1. The number of nitrogens with zero attached hydrogens (tertiary/aromatic N) is 1. The van der Waals surface area contributed by atoms with Gasteiger partial charge in [0.05, 0.1) is 0 Å². The molecule has 0 aliphatic carbocycles. The number of aliphatic hydroxyl groups excluding tert-OH is 1. The van der Waals surface area contributed by atoms with Gasteiger partial charge in [0.15, 0.2) is 0 Å². The number of hydrogen-bond acceptors (Lipinski definition) is 4. The van der Waals surface area contributed by atoms with Crippen molar-refractivity contribution in [3.63, 3.8) is 0 Å². The lowest BCUT2D eigenvalue weighted by atomic mass is 9.92. The lowest BCUT2D eigenvalue weighted by Crippen LogP contribution is -2.43. The van der Waals surface area contributed by atoms with Crippen LogP contribution in [0.3, 0.4) is 0 Å². The molecule has 2 N–H and O–H groups in total. The summed E-state index contributed by atoms with van der Waals surface area (Å²) in [5.74, 6) is 1.97. The van der Waals surface area contributed by atoms with E-state index in [9.17, 15) is 9.90 Å². The van der Waals surface area contributed by atoms with E-state index < -0.39 is 6.10 Å². The van der Waals surface area contributed by atoms with Crippen molar-refractivity contribution in [1.82, 2.24) is 4.90 Å². The summed E-state index contributed by atoms with van der Waals surface area (Å²) in [6.45, 7) is 9.03. The highest BCUT2D eigenvalue weighted by Gasteiger charge is 2.23. The molecular formula is C18H28N2O3. The van der Waals surface area contributed by atoms with E-state index in [2.05, 4.69) is 24.1 Å². The van der Waals surface area contributed by atoms with Crippen LogP contribution in [0, 0.1) is 11.8 Å². The number of ether oxygens (including phenoxy) is 1. The van der Waals surface area contributed by atoms with Gasteiger partial charge in [-0.3, -0.25) is 4.79 Å². The van der Waals surface area contributed by atoms with E-state index in [1.165, 1.54) is 13.3 Å². The number of piperidine rings is 1. The van der Waals surface area contributed by atoms with Gasteiger partial charge in [0.25, 0.3) is 0 Å². The molecule has 1 aromatic carbocycles. The average molecular weight is 320 g/mol. The Bertz CT molecular complexity index is 493. The molecule has 0 bridgehead atoms. The number of aliphatic hydroxyl groups is 1. The van der Waals surface area contributed by atoms with Crippen molar-refractivity contribution in [3.8, 4) is 5.75 Å². The maximum Gasteiger partial charge on any atom is 0.221 e. The second kappa shape index (κ2) is 8.31. The first-order valence-corrected chi connectivity index (χ1v) is 8.33. The number of hydrogen-bond donors (Lipinski definition) is 2. The Morgan fingerprint density at radius 3 is 2.48 bits per heavy atom. The van der Waals surface area contributed by atoms with Crippen molar-refractivity contribution in [2.24, 2.45) is 11.8 Å². The van der Waals surface area contributed by atoms with E-state index in [0.717, 1.165) is 18.8 Å². The number of β-amino-alcohol motifs (C(OH)–C–C–N with tert-alkyl or cyclic N) is 1. The second-order valence-electron chi connectivity index (χ2n) is 6.83. The van der Waals surface area contributed by atoms with Crippen LogP contribution in [-0.4, -0.2) is 48.3 Å². The molecule has 0 unspecified atom stereocenters. The number of anilines is 1. The molecule has 0 aromatic heterocycles. The normalized spacial score (nSPS) is 23.3. The number of amides is 1. The molecule has 1 aliphatic heterocycles. The molecule has 1 heterocycles. The minimum absolute atomic E-state index is 0.0981. The number of benzene rings is 1. The summed E-state index contributed by atoms with van der Waals surface area (Å²) in [6.07, 6.45) is 0.770. The third kappa shape index (κ3) is 6.20. The van der Waals surface area contributed by atoms with Crippen LogP contribution in [0.1, 0.15) is 27.2 Å². The quantitative estimate of drug-likeness (QED) is 0.845. The van der Waals surface area contributed by atoms with Crippen LogP contribution in [0.25, 0.3) is 0 Å². The fourth-order valence-electron chi connectivity index (χ4n) is 3.32. The van der Waals surface area contributed by atoms with Crippen LogP contribution >= 0.6 is 0 Å². The average Bonchev–Trinajstić information content (AvgIpc) is 2.45. The zero-order valence-electron chi connectivity index (χ0n) is 14.3. The van der Waals surface area contributed by atoms with E-state index in [1.54, 1.807) is 24.3 Å². The van der Waals surface area contributed by atoms with Gasteiger partial charge in [-0.25, -0.2) is 0 Å². The molecule has 1 aliphatic rings. The Morgan fingerprint density at radius 1 is 1.30 bits per heavy atom. The second-order valence-corrected chi connectivity index (χ2v) is 6.83. The van der Waals surface area contributed by atoms with Gasteiger partial charge in [-0.05, 0) is 42.5 Å². The molecule has 2 rings (SSSR count). The van der Waals surface area contributed by atoms with Crippen molar-refractivity contribution in [2.45, 2.75) is 33.3 Å². The predicted molar refractivity (Wildman–Crippen MR) is 91.6 cm³/mol. The summed E-state index contributed by atoms with van der Waals surface area (Å²) in [6, 6.07) is 7.17. The van der Waals surface area contributed by atoms with E-state index in [1.807, 2.05) is 0 Å². The zero-order chi connectivity index (χ0) is 16.8. The standard InChI is InChI=1S/C18H28N2O3/c1-13-8-14(2)10-20(9-13)11-17(22)12-23-18-6-4-16(5-7-18)19-15(3)21/h4-7,13-14,17,22H,8-12H2,1-3H3,(H,19,21)/t13-,14-,17-/m0/s1. The largest absolute Gasteiger partial charge is 0.491 e. The fourth-order valence-corrected chi connectivity index (χ4v) is 3.32. The van der Waals surface area contributed by atoms with Gasteiger partial charge in [0, 0.05) is 32.2 Å². The van der Waals surface area contributed by atoms with E-state index in [-0.39, 0.29) is 12.5 Å². The predicted octanol–water partition coefficient (Wildman–Crippen LogP) is 2.36. The monoisotopic (exact) mass is 320 g/mol. The minimum atomic E-state index is -0.498. The maximum atomic E-state index is 11.0. The number of rotatable bonds is 6. The Balaban J connectivity index is 1.75. The van der Waals surface area contributed by atoms with Gasteiger partial charge in [-0.2, -0.15) is 0 Å². The number of carbonyl (C=O) groups is 1. The molecule has 5 nitrogen and oxygen atoms in total. The van der Waals surface area contributed by atoms with Crippen molar-refractivity contribution < 1.29 is 14.6 Å². The Morgan fingerprint density at radius 2 is 1.91 bits per heavy atom. The van der Waals surface area contributed by atoms with Crippen molar-refractivity contribution in [2.75, 3.05) is 31.6 Å². The third-order valence-electron chi connectivity index (χ3n) is 4.03. The van der Waals surface area contributed by atoms with Crippen LogP contribution in [0.4, 0.5) is 5.69 Å². The molecular weight excluding hydrogens is 292 g/mol. The lowest BCUT2D eigenvalue weighted by Gasteiger charge is -2.35. The van der Waals surface area contributed by atoms with E-state index in [0.29, 0.717) is 24.1 Å². The molecule has 1 fully saturated rings. The summed E-state index contributed by atoms with van der Waals surface area (Å²) < 4.78 is 5.63. The highest BCUT2D eigenvalue weighted by molar-refractivity contribution is 5.88. The molecule has 1 amide bonds. The van der Waals surface area contributed by atoms with Gasteiger partial charge in [0.1, 0.15) is 18.5 Å². The SMILES string of the molecule is CC(=O)Nc1ccc(OC[C@@H](O)CN2C[C@@H](C)C[C@H](C)C2)cc1. The molecule has 0 radical (unpaired) electrons. The fraction of sp³-hybridized carbons (Fsp3) is 0.611. The highest BCUT2D eigenvalue weighted by Crippen LogP contribution is 2.21. The first kappa shape index (κ1) is 17.8. The molecule has 1 saturated heterocycles. The maximum absolute atomic E-state index is 11.0. The summed E-state index contributed by atoms with van der Waals surface area (Å²) in [5, 5.41) is 12.9. The van der Waals surface area contributed by atoms with Crippen molar-refractivity contribution in [3.05, 3.63) is 24.3 Å². The summed E-state index contributed by atoms with van der Waals surface area (Å²) >= 11 is 0. The van der Waals surface area contributed by atoms with Crippen LogP contribution in [0.2, 0.25) is 0 Å². The van der Waals surface area contributed by atoms with Gasteiger partial charge in [0.2, 0.25) is 5.91 Å². The summed E-state index contributed by atoms with van der Waals surface area (Å²) in [5.41, 5.74) is 0.738. The van der Waals surface area contributed by atoms with Crippen LogP contribution in [-0.2, 0) is 4.79 Å². The Kier molecular flexibility index (Phi) is 6.42. The van der Waals surface area contributed by atoms with Crippen molar-refractivity contribution in [1.29, 1.82) is 0 Å². The molecule has 23 heavy (non-hydrogen) atoms. The van der Waals surface area contributed by atoms with Crippen LogP contribution < -0.4 is 10.1 Å². The number of likely N-dealkylation sites (tertiary alicyclic amines) is 1. The molecule has 0 spiro atoms.